The molecule has 0 amide bonds. The van der Waals surface area contributed by atoms with E-state index in [4.69, 9.17) is 11.6 Å². The Morgan fingerprint density at radius 3 is 2.50 bits per heavy atom. The van der Waals surface area contributed by atoms with Gasteiger partial charge in [-0.1, -0.05) is 11.6 Å². The van der Waals surface area contributed by atoms with Gasteiger partial charge in [-0.2, -0.15) is 0 Å². The van der Waals surface area contributed by atoms with Gasteiger partial charge >= 0.3 is 0 Å². The first-order valence-corrected chi connectivity index (χ1v) is 4.40. The molecule has 2 heterocycles. The summed E-state index contributed by atoms with van der Waals surface area (Å²) in [6.45, 7) is 1.86. The molecule has 2 aromatic rings. The smallest absolute Gasteiger partial charge is 0.164 e. The zero-order valence-corrected chi connectivity index (χ0v) is 8.23. The summed E-state index contributed by atoms with van der Waals surface area (Å²) in [6.07, 6.45) is 4.76. The van der Waals surface area contributed by atoms with E-state index in [-0.39, 0.29) is 0 Å². The monoisotopic (exact) mass is 206 g/mol. The van der Waals surface area contributed by atoms with E-state index in [0.29, 0.717) is 11.0 Å². The molecule has 0 bridgehead atoms. The van der Waals surface area contributed by atoms with Crippen molar-refractivity contribution < 1.29 is 0 Å². The molecule has 2 aromatic heterocycles. The Balaban J connectivity index is 2.52. The topological polar surface area (TPSA) is 51.6 Å². The number of halogens is 1. The first kappa shape index (κ1) is 9.02. The van der Waals surface area contributed by atoms with Crippen molar-refractivity contribution in [3.05, 3.63) is 35.6 Å². The highest BCUT2D eigenvalue weighted by atomic mass is 35.5. The summed E-state index contributed by atoms with van der Waals surface area (Å²) in [5, 5.41) is 0.427. The highest BCUT2D eigenvalue weighted by Gasteiger charge is 2.03. The van der Waals surface area contributed by atoms with Gasteiger partial charge in [0.25, 0.3) is 0 Å². The number of rotatable bonds is 1. The molecule has 70 valence electrons. The molecule has 14 heavy (non-hydrogen) atoms. The third kappa shape index (κ3) is 1.85. The standard InChI is InChI=1S/C9H7ClN4/c1-6-2-8(10)14-9(13-6)7-3-11-5-12-4-7/h2-5H,1H3. The average Bonchev–Trinajstić information content (AvgIpc) is 2.18. The van der Waals surface area contributed by atoms with E-state index in [0.717, 1.165) is 11.3 Å². The molecule has 0 fully saturated rings. The lowest BCUT2D eigenvalue weighted by atomic mass is 10.3. The van der Waals surface area contributed by atoms with Crippen molar-refractivity contribution in [1.82, 2.24) is 19.9 Å². The fraction of sp³-hybridized carbons (Fsp3) is 0.111. The molecule has 0 N–H and O–H groups in total. The number of nitrogens with zero attached hydrogens (tertiary/aromatic N) is 4. The van der Waals surface area contributed by atoms with E-state index in [1.165, 1.54) is 6.33 Å². The Morgan fingerprint density at radius 2 is 1.86 bits per heavy atom. The molecule has 0 unspecified atom stereocenters. The largest absolute Gasteiger partial charge is 0.244 e. The molecule has 0 spiro atoms. The fourth-order valence-corrected chi connectivity index (χ4v) is 1.31. The molecule has 0 saturated carbocycles. The van der Waals surface area contributed by atoms with Crippen LogP contribution in [0.25, 0.3) is 11.4 Å². The molecule has 0 saturated heterocycles. The van der Waals surface area contributed by atoms with Gasteiger partial charge in [-0.05, 0) is 13.0 Å². The first-order valence-electron chi connectivity index (χ1n) is 4.02. The number of aromatic nitrogens is 4. The van der Waals surface area contributed by atoms with E-state index in [1.54, 1.807) is 18.5 Å². The van der Waals surface area contributed by atoms with Crippen LogP contribution in [0.3, 0.4) is 0 Å². The number of aryl methyl sites for hydroxylation is 1. The molecule has 0 aromatic carbocycles. The summed E-state index contributed by atoms with van der Waals surface area (Å²) in [5.41, 5.74) is 1.59. The predicted molar refractivity (Wildman–Crippen MR) is 52.8 cm³/mol. The summed E-state index contributed by atoms with van der Waals surface area (Å²) in [5.74, 6) is 0.551. The van der Waals surface area contributed by atoms with Gasteiger partial charge in [0.1, 0.15) is 11.5 Å². The summed E-state index contributed by atoms with van der Waals surface area (Å²) < 4.78 is 0. The minimum absolute atomic E-state index is 0.427. The van der Waals surface area contributed by atoms with Gasteiger partial charge in [0.2, 0.25) is 0 Å². The SMILES string of the molecule is Cc1cc(Cl)nc(-c2cncnc2)n1. The van der Waals surface area contributed by atoms with Crippen LogP contribution in [0.4, 0.5) is 0 Å². The molecular formula is C9H7ClN4. The second-order valence-corrected chi connectivity index (χ2v) is 3.17. The quantitative estimate of drug-likeness (QED) is 0.669. The van der Waals surface area contributed by atoms with E-state index >= 15 is 0 Å². The maximum absolute atomic E-state index is 5.81. The third-order valence-corrected chi connectivity index (χ3v) is 1.84. The van der Waals surface area contributed by atoms with Gasteiger partial charge in [-0.25, -0.2) is 19.9 Å². The fourth-order valence-electron chi connectivity index (χ4n) is 1.07. The van der Waals surface area contributed by atoms with Gasteiger partial charge in [-0.3, -0.25) is 0 Å². The second kappa shape index (κ2) is 3.67. The lowest BCUT2D eigenvalue weighted by Gasteiger charge is -2.00. The highest BCUT2D eigenvalue weighted by Crippen LogP contribution is 2.15. The van der Waals surface area contributed by atoms with Crippen LogP contribution in [0.2, 0.25) is 5.15 Å². The van der Waals surface area contributed by atoms with Gasteiger partial charge in [-0.15, -0.1) is 0 Å². The van der Waals surface area contributed by atoms with Crippen molar-refractivity contribution >= 4 is 11.6 Å². The average molecular weight is 207 g/mol. The van der Waals surface area contributed by atoms with Crippen LogP contribution in [-0.4, -0.2) is 19.9 Å². The third-order valence-electron chi connectivity index (χ3n) is 1.64. The Morgan fingerprint density at radius 1 is 1.14 bits per heavy atom. The van der Waals surface area contributed by atoms with E-state index in [9.17, 15) is 0 Å². The second-order valence-electron chi connectivity index (χ2n) is 2.78. The van der Waals surface area contributed by atoms with Crippen LogP contribution in [0.1, 0.15) is 5.69 Å². The number of hydrogen-bond donors (Lipinski definition) is 0. The maximum atomic E-state index is 5.81. The van der Waals surface area contributed by atoms with Crippen molar-refractivity contribution in [1.29, 1.82) is 0 Å². The minimum Gasteiger partial charge on any atom is -0.244 e. The van der Waals surface area contributed by atoms with Crippen molar-refractivity contribution in [3.8, 4) is 11.4 Å². The zero-order valence-electron chi connectivity index (χ0n) is 7.48. The molecule has 5 heteroatoms. The van der Waals surface area contributed by atoms with Gasteiger partial charge < -0.3 is 0 Å². The summed E-state index contributed by atoms with van der Waals surface area (Å²) in [6, 6.07) is 1.70. The lowest BCUT2D eigenvalue weighted by molar-refractivity contribution is 1.09. The molecule has 4 nitrogen and oxygen atoms in total. The van der Waals surface area contributed by atoms with Crippen LogP contribution >= 0.6 is 11.6 Å². The Hall–Kier alpha value is -1.55. The van der Waals surface area contributed by atoms with E-state index in [1.807, 2.05) is 6.92 Å². The molecule has 0 aliphatic rings. The van der Waals surface area contributed by atoms with Crippen LogP contribution in [-0.2, 0) is 0 Å². The van der Waals surface area contributed by atoms with Crippen molar-refractivity contribution in [2.45, 2.75) is 6.92 Å². The first-order chi connectivity index (χ1) is 6.75. The Kier molecular flexibility index (Phi) is 2.37. The van der Waals surface area contributed by atoms with Crippen LogP contribution in [0.15, 0.2) is 24.8 Å². The molecule has 0 atom stereocenters. The van der Waals surface area contributed by atoms with Gasteiger partial charge in [0.15, 0.2) is 5.82 Å². The Labute approximate surface area is 86.0 Å². The molecule has 0 aliphatic heterocycles. The van der Waals surface area contributed by atoms with Crippen LogP contribution in [0, 0.1) is 6.92 Å². The molecule has 0 aliphatic carbocycles. The summed E-state index contributed by atoms with van der Waals surface area (Å²) in [7, 11) is 0. The summed E-state index contributed by atoms with van der Waals surface area (Å²) in [4.78, 5) is 16.1. The molecule has 2 rings (SSSR count). The van der Waals surface area contributed by atoms with Crippen LogP contribution < -0.4 is 0 Å². The molecular weight excluding hydrogens is 200 g/mol. The van der Waals surface area contributed by atoms with E-state index < -0.39 is 0 Å². The van der Waals surface area contributed by atoms with E-state index in [2.05, 4.69) is 19.9 Å². The van der Waals surface area contributed by atoms with Gasteiger partial charge in [0.05, 0.1) is 5.56 Å². The maximum Gasteiger partial charge on any atom is 0.164 e. The Bertz CT molecular complexity index is 424. The predicted octanol–water partition coefficient (Wildman–Crippen LogP) is 1.90. The van der Waals surface area contributed by atoms with Crippen molar-refractivity contribution in [2.75, 3.05) is 0 Å². The normalized spacial score (nSPS) is 10.1. The molecule has 0 radical (unpaired) electrons. The van der Waals surface area contributed by atoms with Crippen molar-refractivity contribution in [2.24, 2.45) is 0 Å². The lowest BCUT2D eigenvalue weighted by Crippen LogP contribution is -1.93. The van der Waals surface area contributed by atoms with Gasteiger partial charge in [0, 0.05) is 18.1 Å². The number of hydrogen-bond acceptors (Lipinski definition) is 4. The van der Waals surface area contributed by atoms with Crippen LogP contribution in [0.5, 0.6) is 0 Å². The summed E-state index contributed by atoms with van der Waals surface area (Å²) >= 11 is 5.81. The van der Waals surface area contributed by atoms with Crippen molar-refractivity contribution in [3.63, 3.8) is 0 Å². The highest BCUT2D eigenvalue weighted by molar-refractivity contribution is 6.29. The minimum atomic E-state index is 0.427. The zero-order chi connectivity index (χ0) is 9.97.